The minimum Gasteiger partial charge on any atom is -0.246 e. The van der Waals surface area contributed by atoms with Gasteiger partial charge in [0.2, 0.25) is 0 Å². The van der Waals surface area contributed by atoms with Gasteiger partial charge in [-0.2, -0.15) is 0 Å². The van der Waals surface area contributed by atoms with E-state index in [0.717, 1.165) is 5.56 Å². The third-order valence-electron chi connectivity index (χ3n) is 5.00. The molecule has 4 heteroatoms. The van der Waals surface area contributed by atoms with Gasteiger partial charge in [-0.1, -0.05) is 102 Å². The molecule has 26 heavy (non-hydrogen) atoms. The Morgan fingerprint density at radius 1 is 0.731 bits per heavy atom. The SMILES string of the molecule is CC(C)(C)[C@@]1(c2ccccc2)SS(=O)[C@](c2ccccc2)(C(C)(C)C)S1. The first kappa shape index (κ1) is 20.0. The van der Waals surface area contributed by atoms with Crippen LogP contribution >= 0.6 is 22.6 Å². The minimum atomic E-state index is -1.08. The topological polar surface area (TPSA) is 17.1 Å². The van der Waals surface area contributed by atoms with Crippen molar-refractivity contribution in [2.75, 3.05) is 0 Å². The second-order valence-electron chi connectivity index (χ2n) is 8.89. The summed E-state index contributed by atoms with van der Waals surface area (Å²) < 4.78 is 13.1. The van der Waals surface area contributed by atoms with Crippen molar-refractivity contribution in [3.05, 3.63) is 71.8 Å². The molecule has 0 aliphatic carbocycles. The van der Waals surface area contributed by atoms with Crippen LogP contribution in [0.1, 0.15) is 52.7 Å². The van der Waals surface area contributed by atoms with E-state index in [1.54, 1.807) is 10.8 Å². The van der Waals surface area contributed by atoms with Crippen molar-refractivity contribution in [3.63, 3.8) is 0 Å². The lowest BCUT2D eigenvalue weighted by atomic mass is 9.85. The predicted molar refractivity (Wildman–Crippen MR) is 118 cm³/mol. The first-order valence-electron chi connectivity index (χ1n) is 8.97. The average Bonchev–Trinajstić information content (AvgIpc) is 2.92. The number of hydrogen-bond donors (Lipinski definition) is 0. The van der Waals surface area contributed by atoms with Crippen LogP contribution in [0.3, 0.4) is 0 Å². The maximum Gasteiger partial charge on any atom is 0.132 e. The lowest BCUT2D eigenvalue weighted by Crippen LogP contribution is -2.40. The molecule has 0 spiro atoms. The van der Waals surface area contributed by atoms with Gasteiger partial charge in [-0.3, -0.25) is 0 Å². The predicted octanol–water partition coefficient (Wildman–Crippen LogP) is 6.93. The summed E-state index contributed by atoms with van der Waals surface area (Å²) >= 11 is 1.90. The van der Waals surface area contributed by atoms with E-state index in [-0.39, 0.29) is 14.9 Å². The molecule has 1 saturated heterocycles. The van der Waals surface area contributed by atoms with Crippen LogP contribution in [0.25, 0.3) is 0 Å². The van der Waals surface area contributed by atoms with Gasteiger partial charge in [-0.25, -0.2) is 4.21 Å². The fourth-order valence-electron chi connectivity index (χ4n) is 3.54. The highest BCUT2D eigenvalue weighted by atomic mass is 33.1. The minimum absolute atomic E-state index is 0.0544. The zero-order chi connectivity index (χ0) is 19.2. The second-order valence-corrected chi connectivity index (χ2v) is 14.1. The highest BCUT2D eigenvalue weighted by Crippen LogP contribution is 2.75. The molecule has 0 saturated carbocycles. The number of benzene rings is 2. The molecule has 1 fully saturated rings. The second kappa shape index (κ2) is 6.72. The Morgan fingerprint density at radius 3 is 1.62 bits per heavy atom. The molecule has 1 nitrogen and oxygen atoms in total. The Labute approximate surface area is 168 Å². The summed E-state index contributed by atoms with van der Waals surface area (Å²) in [4.78, 5) is 0. The van der Waals surface area contributed by atoms with Gasteiger partial charge in [-0.15, -0.1) is 11.8 Å². The highest BCUT2D eigenvalue weighted by molar-refractivity contribution is 8.76. The summed E-state index contributed by atoms with van der Waals surface area (Å²) in [5, 5.41) is 0. The van der Waals surface area contributed by atoms with Crippen LogP contribution in [-0.4, -0.2) is 4.21 Å². The average molecular weight is 405 g/mol. The normalized spacial score (nSPS) is 29.7. The van der Waals surface area contributed by atoms with Gasteiger partial charge in [0, 0.05) is 0 Å². The van der Waals surface area contributed by atoms with Gasteiger partial charge < -0.3 is 0 Å². The van der Waals surface area contributed by atoms with Crippen LogP contribution in [-0.2, 0) is 18.0 Å². The van der Waals surface area contributed by atoms with Gasteiger partial charge in [0.1, 0.15) is 18.0 Å². The van der Waals surface area contributed by atoms with Gasteiger partial charge in [-0.05, 0) is 32.8 Å². The molecule has 1 aliphatic rings. The molecule has 3 rings (SSSR count). The summed E-state index contributed by atoms with van der Waals surface area (Å²) in [5.41, 5.74) is 2.20. The molecule has 1 unspecified atom stereocenters. The summed E-state index contributed by atoms with van der Waals surface area (Å²) in [5.74, 6) is 0. The van der Waals surface area contributed by atoms with Crippen LogP contribution in [0, 0.1) is 10.8 Å². The van der Waals surface area contributed by atoms with Crippen molar-refractivity contribution in [2.24, 2.45) is 10.8 Å². The Hall–Kier alpha value is -0.710. The summed E-state index contributed by atoms with van der Waals surface area (Å²) in [6, 6.07) is 21.0. The van der Waals surface area contributed by atoms with Gasteiger partial charge >= 0.3 is 0 Å². The molecule has 3 atom stereocenters. The number of rotatable bonds is 2. The zero-order valence-corrected chi connectivity index (χ0v) is 18.9. The van der Waals surface area contributed by atoms with Crippen LogP contribution in [0.15, 0.2) is 60.7 Å². The van der Waals surface area contributed by atoms with E-state index in [4.69, 9.17) is 0 Å². The van der Waals surface area contributed by atoms with E-state index in [1.807, 2.05) is 17.8 Å². The highest BCUT2D eigenvalue weighted by Gasteiger charge is 2.65. The quantitative estimate of drug-likeness (QED) is 0.505. The van der Waals surface area contributed by atoms with E-state index in [2.05, 4.69) is 96.1 Å². The molecule has 0 amide bonds. The summed E-state index contributed by atoms with van der Waals surface area (Å²) in [6.07, 6.45) is 0. The third kappa shape index (κ3) is 2.98. The van der Waals surface area contributed by atoms with E-state index in [9.17, 15) is 4.21 Å². The van der Waals surface area contributed by atoms with Crippen molar-refractivity contribution >= 4 is 32.4 Å². The van der Waals surface area contributed by atoms with E-state index in [1.165, 1.54) is 5.56 Å². The van der Waals surface area contributed by atoms with Crippen LogP contribution in [0.4, 0.5) is 0 Å². The third-order valence-corrected chi connectivity index (χ3v) is 13.6. The van der Waals surface area contributed by atoms with Crippen LogP contribution < -0.4 is 0 Å². The Bertz CT molecular complexity index is 790. The van der Waals surface area contributed by atoms with E-state index < -0.39 is 13.9 Å². The molecule has 0 aromatic heterocycles. The molecule has 0 radical (unpaired) electrons. The largest absolute Gasteiger partial charge is 0.246 e. The maximum absolute atomic E-state index is 13.8. The molecule has 2 aromatic rings. The van der Waals surface area contributed by atoms with Crippen LogP contribution in [0.2, 0.25) is 0 Å². The molecular formula is C22H28OS3. The number of thioether (sulfide) groups is 1. The molecular weight excluding hydrogens is 376 g/mol. The first-order valence-corrected chi connectivity index (χ1v) is 12.3. The molecule has 1 heterocycles. The van der Waals surface area contributed by atoms with Crippen LogP contribution in [0.5, 0.6) is 0 Å². The van der Waals surface area contributed by atoms with Crippen molar-refractivity contribution < 1.29 is 4.21 Å². The summed E-state index contributed by atoms with van der Waals surface area (Å²) in [7, 11) is 0.560. The van der Waals surface area contributed by atoms with Gasteiger partial charge in [0.25, 0.3) is 0 Å². The lowest BCUT2D eigenvalue weighted by Gasteiger charge is -2.44. The lowest BCUT2D eigenvalue weighted by molar-refractivity contribution is 0.350. The van der Waals surface area contributed by atoms with E-state index >= 15 is 0 Å². The monoisotopic (exact) mass is 404 g/mol. The molecule has 2 aromatic carbocycles. The Balaban J connectivity index is 2.26. The van der Waals surface area contributed by atoms with Crippen molar-refractivity contribution in [2.45, 2.75) is 49.7 Å². The van der Waals surface area contributed by atoms with E-state index in [0.29, 0.717) is 0 Å². The fourth-order valence-corrected chi connectivity index (χ4v) is 12.6. The molecule has 1 aliphatic heterocycles. The van der Waals surface area contributed by atoms with Crippen molar-refractivity contribution in [1.29, 1.82) is 0 Å². The summed E-state index contributed by atoms with van der Waals surface area (Å²) in [6.45, 7) is 13.4. The molecule has 140 valence electrons. The van der Waals surface area contributed by atoms with Crippen molar-refractivity contribution in [3.8, 4) is 0 Å². The fraction of sp³-hybridized carbons (Fsp3) is 0.455. The first-order chi connectivity index (χ1) is 12.0. The molecule has 0 N–H and O–H groups in total. The number of hydrogen-bond acceptors (Lipinski definition) is 3. The standard InChI is InChI=1S/C22H28OS3/c1-19(2,3)21(17-13-9-7-10-14-17)24-22(20(4,5)6,26(23)25-21)18-15-11-8-12-16-18/h7-16H,1-6H3/t21-,22-,26?/m1/s1. The maximum atomic E-state index is 13.8. The van der Waals surface area contributed by atoms with Crippen molar-refractivity contribution in [1.82, 2.24) is 0 Å². The van der Waals surface area contributed by atoms with Gasteiger partial charge in [0.05, 0.1) is 0 Å². The molecule has 0 bridgehead atoms. The Morgan fingerprint density at radius 2 is 1.19 bits per heavy atom. The zero-order valence-electron chi connectivity index (χ0n) is 16.4. The van der Waals surface area contributed by atoms with Gasteiger partial charge in [0.15, 0.2) is 0 Å². The Kier molecular flexibility index (Phi) is 5.18. The smallest absolute Gasteiger partial charge is 0.132 e.